The third-order valence-corrected chi connectivity index (χ3v) is 4.06. The highest BCUT2D eigenvalue weighted by Crippen LogP contribution is 2.22. The maximum Gasteiger partial charge on any atom is 0.202 e. The highest BCUT2D eigenvalue weighted by Gasteiger charge is 2.39. The lowest BCUT2D eigenvalue weighted by molar-refractivity contribution is -0.140. The number of ketones is 1. The molecule has 4 heteroatoms. The molecule has 0 aliphatic heterocycles. The minimum absolute atomic E-state index is 0.185. The molecule has 0 fully saturated rings. The van der Waals surface area contributed by atoms with Gasteiger partial charge in [-0.15, -0.1) is 0 Å². The molecule has 0 aliphatic rings. The van der Waals surface area contributed by atoms with Crippen molar-refractivity contribution in [2.75, 3.05) is 6.61 Å². The maximum absolute atomic E-state index is 12.0. The average Bonchev–Trinajstić information content (AvgIpc) is 2.51. The van der Waals surface area contributed by atoms with Crippen molar-refractivity contribution in [2.45, 2.75) is 90.6 Å². The summed E-state index contributed by atoms with van der Waals surface area (Å²) in [6.45, 7) is 4.63. The number of hydrogen-bond donors (Lipinski definition) is 3. The molecule has 4 nitrogen and oxygen atoms in total. The lowest BCUT2D eigenvalue weighted by Crippen LogP contribution is -2.44. The molecule has 0 radical (unpaired) electrons. The molecule has 130 valence electrons. The molecular weight excluding hydrogens is 280 g/mol. The van der Waals surface area contributed by atoms with Crippen molar-refractivity contribution >= 4 is 5.78 Å². The van der Waals surface area contributed by atoms with Gasteiger partial charge in [0.05, 0.1) is 6.61 Å². The molecule has 22 heavy (non-hydrogen) atoms. The second-order valence-electron chi connectivity index (χ2n) is 6.37. The maximum atomic E-state index is 12.0. The summed E-state index contributed by atoms with van der Waals surface area (Å²) < 4.78 is 0. The molecule has 0 aromatic carbocycles. The highest BCUT2D eigenvalue weighted by molar-refractivity contribution is 5.90. The molecule has 0 amide bonds. The van der Waals surface area contributed by atoms with E-state index < -0.39 is 23.8 Å². The Morgan fingerprint density at radius 2 is 1.36 bits per heavy atom. The predicted octanol–water partition coefficient (Wildman–Crippen LogP) is 4.05. The molecule has 0 spiro atoms. The van der Waals surface area contributed by atoms with E-state index in [1.807, 2.05) is 0 Å². The fourth-order valence-electron chi connectivity index (χ4n) is 2.51. The zero-order valence-electron chi connectivity index (χ0n) is 14.5. The van der Waals surface area contributed by atoms with Crippen LogP contribution in [0.1, 0.15) is 85.0 Å². The number of allylic oxidation sites excluding steroid dienone is 1. The third-order valence-electron chi connectivity index (χ3n) is 4.06. The molecule has 0 saturated heterocycles. The largest absolute Gasteiger partial charge is 0.509 e. The first-order valence-electron chi connectivity index (χ1n) is 8.63. The van der Waals surface area contributed by atoms with Gasteiger partial charge in [0.15, 0.2) is 5.78 Å². The average molecular weight is 314 g/mol. The summed E-state index contributed by atoms with van der Waals surface area (Å²) in [6, 6.07) is 0. The number of hydrogen-bond acceptors (Lipinski definition) is 4. The van der Waals surface area contributed by atoms with E-state index in [1.165, 1.54) is 38.5 Å². The van der Waals surface area contributed by atoms with Gasteiger partial charge in [0, 0.05) is 6.42 Å². The summed E-state index contributed by atoms with van der Waals surface area (Å²) in [5.41, 5.74) is -1.68. The molecule has 0 aliphatic carbocycles. The minimum Gasteiger partial charge on any atom is -0.509 e. The Morgan fingerprint density at radius 1 is 0.909 bits per heavy atom. The van der Waals surface area contributed by atoms with E-state index >= 15 is 0 Å². The second-order valence-corrected chi connectivity index (χ2v) is 6.37. The fourth-order valence-corrected chi connectivity index (χ4v) is 2.51. The summed E-state index contributed by atoms with van der Waals surface area (Å²) in [4.78, 5) is 12.0. The van der Waals surface area contributed by atoms with Crippen LogP contribution in [0.3, 0.4) is 0 Å². The van der Waals surface area contributed by atoms with Crippen LogP contribution in [0.4, 0.5) is 0 Å². The smallest absolute Gasteiger partial charge is 0.202 e. The van der Waals surface area contributed by atoms with Crippen molar-refractivity contribution in [3.8, 4) is 0 Å². The quantitative estimate of drug-likeness (QED) is 0.354. The molecular formula is C18H34O4. The van der Waals surface area contributed by atoms with Crippen molar-refractivity contribution in [1.82, 2.24) is 0 Å². The fraction of sp³-hybridized carbons (Fsp3) is 0.833. The zero-order chi connectivity index (χ0) is 17.0. The van der Waals surface area contributed by atoms with E-state index in [9.17, 15) is 20.1 Å². The standard InChI is InChI=1S/C18H34O4/c1-4-5-6-7-8-9-10-11-12-13-16(20)18(22,14-19)17(21)15(2)3/h19,21-22H,4-14H2,1-3H3. The summed E-state index contributed by atoms with van der Waals surface area (Å²) in [6.07, 6.45) is 10.5. The third kappa shape index (κ3) is 7.41. The molecule has 0 bridgehead atoms. The van der Waals surface area contributed by atoms with Crippen LogP contribution in [0.25, 0.3) is 0 Å². The van der Waals surface area contributed by atoms with Crippen molar-refractivity contribution in [3.05, 3.63) is 11.3 Å². The van der Waals surface area contributed by atoms with Gasteiger partial charge in [0.25, 0.3) is 0 Å². The van der Waals surface area contributed by atoms with Gasteiger partial charge < -0.3 is 15.3 Å². The van der Waals surface area contributed by atoms with Gasteiger partial charge in [-0.2, -0.15) is 0 Å². The van der Waals surface area contributed by atoms with Gasteiger partial charge in [0.1, 0.15) is 5.76 Å². The molecule has 3 N–H and O–H groups in total. The number of Topliss-reactive ketones (excluding diaryl/α,β-unsaturated/α-hetero) is 1. The van der Waals surface area contributed by atoms with Crippen LogP contribution < -0.4 is 0 Å². The SMILES string of the molecule is CCCCCCCCCCCC(=O)C(O)(CO)C(O)=C(C)C. The first-order valence-corrected chi connectivity index (χ1v) is 8.63. The van der Waals surface area contributed by atoms with Crippen LogP contribution in [-0.4, -0.2) is 33.3 Å². The lowest BCUT2D eigenvalue weighted by atomic mass is 9.91. The summed E-state index contributed by atoms with van der Waals surface area (Å²) in [7, 11) is 0. The summed E-state index contributed by atoms with van der Waals surface area (Å²) in [5.74, 6) is -0.924. The van der Waals surface area contributed by atoms with E-state index in [-0.39, 0.29) is 6.42 Å². The summed E-state index contributed by atoms with van der Waals surface area (Å²) >= 11 is 0. The number of carbonyl (C=O) groups is 1. The van der Waals surface area contributed by atoms with Crippen molar-refractivity contribution < 1.29 is 20.1 Å². The molecule has 1 atom stereocenters. The lowest BCUT2D eigenvalue weighted by Gasteiger charge is -2.24. The van der Waals surface area contributed by atoms with Crippen LogP contribution in [0.5, 0.6) is 0 Å². The van der Waals surface area contributed by atoms with Crippen LogP contribution in [0.15, 0.2) is 11.3 Å². The monoisotopic (exact) mass is 314 g/mol. The van der Waals surface area contributed by atoms with Gasteiger partial charge in [-0.05, 0) is 25.8 Å². The zero-order valence-corrected chi connectivity index (χ0v) is 14.5. The summed E-state index contributed by atoms with van der Waals surface area (Å²) in [5, 5.41) is 29.2. The van der Waals surface area contributed by atoms with E-state index in [2.05, 4.69) is 6.92 Å². The number of rotatable bonds is 13. The molecule has 1 unspecified atom stereocenters. The molecule has 0 aromatic heterocycles. The Hall–Kier alpha value is -0.870. The van der Waals surface area contributed by atoms with Gasteiger partial charge in [-0.3, -0.25) is 4.79 Å². The Labute approximate surface area is 135 Å². The number of aliphatic hydroxyl groups excluding tert-OH is 2. The Morgan fingerprint density at radius 3 is 1.77 bits per heavy atom. The van der Waals surface area contributed by atoms with E-state index in [1.54, 1.807) is 13.8 Å². The van der Waals surface area contributed by atoms with Gasteiger partial charge >= 0.3 is 0 Å². The van der Waals surface area contributed by atoms with Gasteiger partial charge in [0.2, 0.25) is 5.60 Å². The van der Waals surface area contributed by atoms with Crippen LogP contribution in [0, 0.1) is 0 Å². The Bertz CT molecular complexity index is 345. The van der Waals surface area contributed by atoms with Gasteiger partial charge in [-0.1, -0.05) is 58.3 Å². The molecule has 0 saturated carbocycles. The van der Waals surface area contributed by atoms with Gasteiger partial charge in [-0.25, -0.2) is 0 Å². The second kappa shape index (κ2) is 11.7. The van der Waals surface area contributed by atoms with Crippen LogP contribution in [-0.2, 0) is 4.79 Å². The van der Waals surface area contributed by atoms with Crippen molar-refractivity contribution in [3.63, 3.8) is 0 Å². The minimum atomic E-state index is -2.13. The van der Waals surface area contributed by atoms with E-state index in [0.29, 0.717) is 12.0 Å². The number of unbranched alkanes of at least 4 members (excludes halogenated alkanes) is 8. The first kappa shape index (κ1) is 21.1. The van der Waals surface area contributed by atoms with Crippen LogP contribution >= 0.6 is 0 Å². The van der Waals surface area contributed by atoms with Crippen LogP contribution in [0.2, 0.25) is 0 Å². The number of carbonyl (C=O) groups excluding carboxylic acids is 1. The first-order chi connectivity index (χ1) is 10.4. The van der Waals surface area contributed by atoms with Crippen molar-refractivity contribution in [1.29, 1.82) is 0 Å². The van der Waals surface area contributed by atoms with E-state index in [0.717, 1.165) is 12.8 Å². The molecule has 0 heterocycles. The molecule has 0 rings (SSSR count). The topological polar surface area (TPSA) is 77.8 Å². The van der Waals surface area contributed by atoms with E-state index in [4.69, 9.17) is 0 Å². The normalized spacial score (nSPS) is 13.7. The highest BCUT2D eigenvalue weighted by atomic mass is 16.4. The Kier molecular flexibility index (Phi) is 11.2. The predicted molar refractivity (Wildman–Crippen MR) is 89.9 cm³/mol. The molecule has 0 aromatic rings. The Balaban J connectivity index is 3.96. The number of aliphatic hydroxyl groups is 3. The van der Waals surface area contributed by atoms with Crippen molar-refractivity contribution in [2.24, 2.45) is 0 Å².